The number of hydrogen-bond donors (Lipinski definition) is 0. The van der Waals surface area contributed by atoms with Crippen LogP contribution in [-0.4, -0.2) is 17.1 Å². The van der Waals surface area contributed by atoms with Gasteiger partial charge in [-0.05, 0) is 54.6 Å². The second kappa shape index (κ2) is 9.56. The molecular weight excluding hydrogens is 483 g/mol. The Balaban J connectivity index is 1.85. The summed E-state index contributed by atoms with van der Waals surface area (Å²) >= 11 is 2.82. The van der Waals surface area contributed by atoms with E-state index >= 15 is 0 Å². The van der Waals surface area contributed by atoms with E-state index in [0.717, 1.165) is 16.0 Å². The van der Waals surface area contributed by atoms with E-state index in [1.54, 1.807) is 30.4 Å². The number of fused-ring (bicyclic) bond motifs is 1. The van der Waals surface area contributed by atoms with Gasteiger partial charge in [0.05, 0.1) is 28.5 Å². The molecule has 0 saturated heterocycles. The van der Waals surface area contributed by atoms with E-state index < -0.39 is 17.8 Å². The first kappa shape index (κ1) is 23.1. The molecule has 1 atom stereocenters. The highest BCUT2D eigenvalue weighted by Crippen LogP contribution is 2.35. The summed E-state index contributed by atoms with van der Waals surface area (Å²) in [6.07, 6.45) is 1.86. The third kappa shape index (κ3) is 4.31. The van der Waals surface area contributed by atoms with Crippen LogP contribution in [-0.2, 0) is 9.53 Å². The normalized spacial score (nSPS) is 15.6. The number of hydrogen-bond acceptors (Lipinski definition) is 6. The summed E-state index contributed by atoms with van der Waals surface area (Å²) in [5, 5.41) is 1.98. The SMILES string of the molecule is CCOC(=O)C1=C(c2ccccc2)N=c2s/c(=C\c3sccc3C)c(=O)n2[C@@H]1c1ccc(F)cc1. The number of halogens is 1. The van der Waals surface area contributed by atoms with Gasteiger partial charge in [0.25, 0.3) is 5.56 Å². The van der Waals surface area contributed by atoms with E-state index in [0.29, 0.717) is 20.6 Å². The topological polar surface area (TPSA) is 60.7 Å². The van der Waals surface area contributed by atoms with Crippen LogP contribution in [0.5, 0.6) is 0 Å². The van der Waals surface area contributed by atoms with Crippen molar-refractivity contribution in [1.29, 1.82) is 0 Å². The summed E-state index contributed by atoms with van der Waals surface area (Å²) in [5.41, 5.74) is 2.83. The number of aromatic nitrogens is 1. The quantitative estimate of drug-likeness (QED) is 0.378. The molecule has 2 aromatic carbocycles. The lowest BCUT2D eigenvalue weighted by molar-refractivity contribution is -0.138. The van der Waals surface area contributed by atoms with Crippen molar-refractivity contribution in [2.24, 2.45) is 4.99 Å². The maximum atomic E-state index is 13.8. The fourth-order valence-corrected chi connectivity index (χ4v) is 5.97. The Morgan fingerprint density at radius 3 is 2.54 bits per heavy atom. The van der Waals surface area contributed by atoms with Gasteiger partial charge in [0.2, 0.25) is 0 Å². The summed E-state index contributed by atoms with van der Waals surface area (Å²) < 4.78 is 21.3. The van der Waals surface area contributed by atoms with Crippen LogP contribution in [0.4, 0.5) is 4.39 Å². The number of rotatable bonds is 5. The number of carbonyl (C=O) groups excluding carboxylic acids is 1. The van der Waals surface area contributed by atoms with Gasteiger partial charge in [0.15, 0.2) is 4.80 Å². The van der Waals surface area contributed by atoms with Crippen molar-refractivity contribution >= 4 is 40.4 Å². The highest BCUT2D eigenvalue weighted by atomic mass is 32.1. The third-order valence-electron chi connectivity index (χ3n) is 5.72. The van der Waals surface area contributed by atoms with Gasteiger partial charge in [-0.3, -0.25) is 9.36 Å². The van der Waals surface area contributed by atoms with Crippen LogP contribution < -0.4 is 14.9 Å². The van der Waals surface area contributed by atoms with Gasteiger partial charge in [-0.2, -0.15) is 0 Å². The van der Waals surface area contributed by atoms with Gasteiger partial charge in [-0.1, -0.05) is 53.8 Å². The minimum absolute atomic E-state index is 0.169. The van der Waals surface area contributed by atoms with Crippen LogP contribution in [0, 0.1) is 12.7 Å². The zero-order valence-electron chi connectivity index (χ0n) is 19.0. The van der Waals surface area contributed by atoms with Crippen molar-refractivity contribution in [3.8, 4) is 0 Å². The first-order chi connectivity index (χ1) is 17.0. The first-order valence-corrected chi connectivity index (χ1v) is 12.8. The highest BCUT2D eigenvalue weighted by Gasteiger charge is 2.35. The molecule has 2 aromatic heterocycles. The predicted molar refractivity (Wildman–Crippen MR) is 137 cm³/mol. The smallest absolute Gasteiger partial charge is 0.338 e. The Morgan fingerprint density at radius 1 is 1.14 bits per heavy atom. The van der Waals surface area contributed by atoms with Crippen LogP contribution in [0.1, 0.15) is 34.5 Å². The summed E-state index contributed by atoms with van der Waals surface area (Å²) in [4.78, 5) is 33.3. The lowest BCUT2D eigenvalue weighted by atomic mass is 9.93. The van der Waals surface area contributed by atoms with Crippen LogP contribution in [0.2, 0.25) is 0 Å². The Morgan fingerprint density at radius 2 is 1.89 bits per heavy atom. The molecule has 5 nitrogen and oxygen atoms in total. The van der Waals surface area contributed by atoms with E-state index in [1.165, 1.54) is 28.0 Å². The number of esters is 1. The molecule has 1 aliphatic heterocycles. The van der Waals surface area contributed by atoms with Crippen LogP contribution >= 0.6 is 22.7 Å². The second-order valence-corrected chi connectivity index (χ2v) is 9.91. The molecule has 5 rings (SSSR count). The number of nitrogens with zero attached hydrogens (tertiary/aromatic N) is 2. The molecule has 0 N–H and O–H groups in total. The molecule has 1 aliphatic rings. The molecule has 8 heteroatoms. The largest absolute Gasteiger partial charge is 0.463 e. The molecule has 0 spiro atoms. The highest BCUT2D eigenvalue weighted by molar-refractivity contribution is 7.11. The van der Waals surface area contributed by atoms with Crippen molar-refractivity contribution in [3.05, 3.63) is 119 Å². The van der Waals surface area contributed by atoms with Gasteiger partial charge in [0.1, 0.15) is 5.82 Å². The van der Waals surface area contributed by atoms with Gasteiger partial charge < -0.3 is 4.74 Å². The van der Waals surface area contributed by atoms with E-state index in [-0.39, 0.29) is 17.7 Å². The maximum absolute atomic E-state index is 13.8. The van der Waals surface area contributed by atoms with E-state index in [4.69, 9.17) is 9.73 Å². The molecule has 0 unspecified atom stereocenters. The van der Waals surface area contributed by atoms with Crippen LogP contribution in [0.25, 0.3) is 11.8 Å². The minimum Gasteiger partial charge on any atom is -0.463 e. The Labute approximate surface area is 208 Å². The lowest BCUT2D eigenvalue weighted by Gasteiger charge is -2.25. The first-order valence-electron chi connectivity index (χ1n) is 11.1. The minimum atomic E-state index is -0.812. The van der Waals surface area contributed by atoms with Gasteiger partial charge in [0, 0.05) is 10.4 Å². The molecule has 0 saturated carbocycles. The third-order valence-corrected chi connectivity index (χ3v) is 7.67. The van der Waals surface area contributed by atoms with Crippen molar-refractivity contribution in [3.63, 3.8) is 0 Å². The molecule has 35 heavy (non-hydrogen) atoms. The average molecular weight is 505 g/mol. The predicted octanol–water partition coefficient (Wildman–Crippen LogP) is 4.44. The molecule has 0 radical (unpaired) electrons. The molecule has 0 aliphatic carbocycles. The molecule has 3 heterocycles. The lowest BCUT2D eigenvalue weighted by Crippen LogP contribution is -2.40. The summed E-state index contributed by atoms with van der Waals surface area (Å²) in [5.74, 6) is -0.966. The van der Waals surface area contributed by atoms with Crippen molar-refractivity contribution < 1.29 is 13.9 Å². The number of ether oxygens (including phenoxy) is 1. The number of benzene rings is 2. The number of thiophene rings is 1. The Kier molecular flexibility index (Phi) is 6.32. The molecule has 176 valence electrons. The Bertz CT molecular complexity index is 1610. The van der Waals surface area contributed by atoms with Crippen molar-refractivity contribution in [1.82, 2.24) is 4.57 Å². The van der Waals surface area contributed by atoms with Crippen molar-refractivity contribution in [2.45, 2.75) is 19.9 Å². The summed E-state index contributed by atoms with van der Waals surface area (Å²) in [6.45, 7) is 3.89. The van der Waals surface area contributed by atoms with Crippen LogP contribution in [0.3, 0.4) is 0 Å². The van der Waals surface area contributed by atoms with E-state index in [2.05, 4.69) is 0 Å². The fourth-order valence-electron chi connectivity index (χ4n) is 4.05. The monoisotopic (exact) mass is 504 g/mol. The molecule has 0 bridgehead atoms. The fraction of sp³-hybridized carbons (Fsp3) is 0.148. The molecule has 0 amide bonds. The van der Waals surface area contributed by atoms with Gasteiger partial charge in [-0.25, -0.2) is 14.2 Å². The van der Waals surface area contributed by atoms with Gasteiger partial charge in [-0.15, -0.1) is 11.3 Å². The zero-order valence-corrected chi connectivity index (χ0v) is 20.7. The number of aryl methyl sites for hydroxylation is 1. The molecule has 0 fully saturated rings. The molecular formula is C27H21FN2O3S2. The second-order valence-electron chi connectivity index (χ2n) is 7.95. The summed E-state index contributed by atoms with van der Waals surface area (Å²) in [6, 6.07) is 16.4. The standard InChI is InChI=1S/C27H21FN2O3S2/c1-3-33-26(32)22-23(17-7-5-4-6-8-17)29-27-30(24(22)18-9-11-19(28)12-10-18)25(31)21(35-27)15-20-16(2)13-14-34-20/h4-15,24H,3H2,1-2H3/b21-15-/t24-/m1/s1. The van der Waals surface area contributed by atoms with Crippen LogP contribution in [0.15, 0.2) is 81.4 Å². The number of thiazole rings is 1. The Hall–Kier alpha value is -3.62. The summed E-state index contributed by atoms with van der Waals surface area (Å²) in [7, 11) is 0. The average Bonchev–Trinajstić information content (AvgIpc) is 3.41. The van der Waals surface area contributed by atoms with Gasteiger partial charge >= 0.3 is 5.97 Å². The maximum Gasteiger partial charge on any atom is 0.338 e. The van der Waals surface area contributed by atoms with E-state index in [9.17, 15) is 14.0 Å². The van der Waals surface area contributed by atoms with Crippen molar-refractivity contribution in [2.75, 3.05) is 6.61 Å². The number of carbonyl (C=O) groups is 1. The molecule has 4 aromatic rings. The zero-order chi connectivity index (χ0) is 24.5. The van der Waals surface area contributed by atoms with E-state index in [1.807, 2.05) is 54.8 Å².